The Kier molecular flexibility index (Phi) is 3.31. The smallest absolute Gasteiger partial charge is 0.226 e. The molecule has 2 unspecified atom stereocenters. The largest absolute Gasteiger partial charge is 0.489 e. The summed E-state index contributed by atoms with van der Waals surface area (Å²) in [6, 6.07) is 3.64. The van der Waals surface area contributed by atoms with Crippen LogP contribution in [0.15, 0.2) is 18.3 Å². The van der Waals surface area contributed by atoms with E-state index in [1.807, 2.05) is 6.07 Å². The number of rotatable bonds is 5. The number of carbonyl (C=O) groups is 1. The second-order valence-corrected chi connectivity index (χ2v) is 4.70. The molecule has 1 aliphatic rings. The Labute approximate surface area is 101 Å². The van der Waals surface area contributed by atoms with E-state index >= 15 is 0 Å². The molecule has 92 valence electrons. The van der Waals surface area contributed by atoms with E-state index in [-0.39, 0.29) is 17.9 Å². The first-order valence-electron chi connectivity index (χ1n) is 6.00. The molecule has 1 saturated carbocycles. The number of nitrogens with zero attached hydrogens (tertiary/aromatic N) is 1. The van der Waals surface area contributed by atoms with Gasteiger partial charge >= 0.3 is 0 Å². The fraction of sp³-hybridized carbons (Fsp3) is 0.538. The number of ether oxygens (including phenoxy) is 1. The van der Waals surface area contributed by atoms with Crippen molar-refractivity contribution in [2.45, 2.75) is 38.7 Å². The number of amides is 1. The van der Waals surface area contributed by atoms with Crippen molar-refractivity contribution in [1.29, 1.82) is 0 Å². The van der Waals surface area contributed by atoms with Crippen molar-refractivity contribution < 1.29 is 9.53 Å². The Morgan fingerprint density at radius 2 is 2.18 bits per heavy atom. The highest BCUT2D eigenvalue weighted by atomic mass is 16.5. The third-order valence-corrected chi connectivity index (χ3v) is 3.24. The number of nitrogens with two attached hydrogens (primary N) is 1. The van der Waals surface area contributed by atoms with Crippen molar-refractivity contribution in [3.8, 4) is 5.75 Å². The van der Waals surface area contributed by atoms with E-state index in [1.165, 1.54) is 12.8 Å². The lowest BCUT2D eigenvalue weighted by Crippen LogP contribution is -2.19. The van der Waals surface area contributed by atoms with Crippen molar-refractivity contribution >= 4 is 5.91 Å². The van der Waals surface area contributed by atoms with Crippen LogP contribution in [-0.2, 0) is 4.79 Å². The zero-order chi connectivity index (χ0) is 12.4. The molecule has 4 nitrogen and oxygen atoms in total. The van der Waals surface area contributed by atoms with E-state index < -0.39 is 0 Å². The van der Waals surface area contributed by atoms with Gasteiger partial charge in [-0.1, -0.05) is 0 Å². The monoisotopic (exact) mass is 234 g/mol. The van der Waals surface area contributed by atoms with E-state index in [1.54, 1.807) is 19.2 Å². The highest BCUT2D eigenvalue weighted by Crippen LogP contribution is 2.34. The van der Waals surface area contributed by atoms with Gasteiger partial charge in [0, 0.05) is 0 Å². The van der Waals surface area contributed by atoms with E-state index in [4.69, 9.17) is 10.5 Å². The lowest BCUT2D eigenvalue weighted by atomic mass is 10.1. The molecule has 2 N–H and O–H groups in total. The molecule has 0 aliphatic heterocycles. The summed E-state index contributed by atoms with van der Waals surface area (Å²) in [6.07, 6.45) is 4.42. The molecule has 1 fully saturated rings. The van der Waals surface area contributed by atoms with Gasteiger partial charge in [0.2, 0.25) is 5.91 Å². The molecule has 0 saturated heterocycles. The van der Waals surface area contributed by atoms with Gasteiger partial charge in [0.15, 0.2) is 0 Å². The molecule has 1 aromatic heterocycles. The van der Waals surface area contributed by atoms with Gasteiger partial charge in [-0.05, 0) is 44.7 Å². The van der Waals surface area contributed by atoms with Gasteiger partial charge in [0.05, 0.1) is 23.9 Å². The van der Waals surface area contributed by atoms with Gasteiger partial charge < -0.3 is 10.5 Å². The maximum Gasteiger partial charge on any atom is 0.226 e. The van der Waals surface area contributed by atoms with Crippen LogP contribution < -0.4 is 10.5 Å². The molecule has 0 bridgehead atoms. The van der Waals surface area contributed by atoms with Crippen molar-refractivity contribution in [3.63, 3.8) is 0 Å². The summed E-state index contributed by atoms with van der Waals surface area (Å²) in [4.78, 5) is 15.2. The van der Waals surface area contributed by atoms with Crippen LogP contribution in [0, 0.1) is 5.92 Å². The van der Waals surface area contributed by atoms with E-state index in [0.717, 1.165) is 5.75 Å². The Hall–Kier alpha value is -1.58. The zero-order valence-electron chi connectivity index (χ0n) is 10.2. The Morgan fingerprint density at radius 3 is 2.65 bits per heavy atom. The van der Waals surface area contributed by atoms with E-state index in [2.05, 4.69) is 11.9 Å². The molecule has 1 aromatic rings. The standard InChI is InChI=1S/C13H18N2O2/c1-8(13(14)16)12-6-5-11(7-15-12)17-9(2)10-3-4-10/h5-10H,3-4H2,1-2H3,(H2,14,16). The molecule has 1 heterocycles. The first kappa shape index (κ1) is 11.9. The predicted octanol–water partition coefficient (Wildman–Crippen LogP) is 1.85. The van der Waals surface area contributed by atoms with E-state index in [0.29, 0.717) is 11.6 Å². The summed E-state index contributed by atoms with van der Waals surface area (Å²) >= 11 is 0. The van der Waals surface area contributed by atoms with Crippen LogP contribution in [0.4, 0.5) is 0 Å². The van der Waals surface area contributed by atoms with Crippen LogP contribution in [0.3, 0.4) is 0 Å². The van der Waals surface area contributed by atoms with Crippen LogP contribution in [0.2, 0.25) is 0 Å². The second-order valence-electron chi connectivity index (χ2n) is 4.70. The number of hydrogen-bond donors (Lipinski definition) is 1. The van der Waals surface area contributed by atoms with E-state index in [9.17, 15) is 4.79 Å². The molecule has 2 atom stereocenters. The first-order chi connectivity index (χ1) is 8.08. The highest BCUT2D eigenvalue weighted by molar-refractivity contribution is 5.80. The number of primary amides is 1. The summed E-state index contributed by atoms with van der Waals surface area (Å²) in [6.45, 7) is 3.83. The quantitative estimate of drug-likeness (QED) is 0.845. The maximum absolute atomic E-state index is 11.0. The fourth-order valence-electron chi connectivity index (χ4n) is 1.74. The number of pyridine rings is 1. The minimum atomic E-state index is -0.363. The molecule has 4 heteroatoms. The Morgan fingerprint density at radius 1 is 1.47 bits per heavy atom. The summed E-state index contributed by atoms with van der Waals surface area (Å²) in [5.74, 6) is 0.728. The van der Waals surface area contributed by atoms with Crippen molar-refractivity contribution in [3.05, 3.63) is 24.0 Å². The molecule has 1 aliphatic carbocycles. The van der Waals surface area contributed by atoms with Crippen LogP contribution >= 0.6 is 0 Å². The highest BCUT2D eigenvalue weighted by Gasteiger charge is 2.29. The molecular formula is C13H18N2O2. The van der Waals surface area contributed by atoms with Crippen LogP contribution in [-0.4, -0.2) is 17.0 Å². The third-order valence-electron chi connectivity index (χ3n) is 3.24. The minimum absolute atomic E-state index is 0.246. The summed E-state index contributed by atoms with van der Waals surface area (Å²) in [5, 5.41) is 0. The topological polar surface area (TPSA) is 65.2 Å². The number of aromatic nitrogens is 1. The molecule has 0 spiro atoms. The van der Waals surface area contributed by atoms with Crippen molar-refractivity contribution in [2.24, 2.45) is 11.7 Å². The lowest BCUT2D eigenvalue weighted by molar-refractivity contribution is -0.119. The molecule has 0 aromatic carbocycles. The first-order valence-corrected chi connectivity index (χ1v) is 6.00. The van der Waals surface area contributed by atoms with Gasteiger partial charge in [0.25, 0.3) is 0 Å². The van der Waals surface area contributed by atoms with Gasteiger partial charge in [-0.25, -0.2) is 0 Å². The zero-order valence-corrected chi connectivity index (χ0v) is 10.2. The predicted molar refractivity (Wildman–Crippen MR) is 64.7 cm³/mol. The SMILES string of the molecule is CC(C(N)=O)c1ccc(OC(C)C2CC2)cn1. The lowest BCUT2D eigenvalue weighted by Gasteiger charge is -2.14. The van der Waals surface area contributed by atoms with Crippen LogP contribution in [0.25, 0.3) is 0 Å². The van der Waals surface area contributed by atoms with Crippen LogP contribution in [0.5, 0.6) is 5.75 Å². The second kappa shape index (κ2) is 4.73. The molecular weight excluding hydrogens is 216 g/mol. The number of carbonyl (C=O) groups excluding carboxylic acids is 1. The third kappa shape index (κ3) is 2.96. The van der Waals surface area contributed by atoms with Gasteiger partial charge in [-0.2, -0.15) is 0 Å². The Balaban J connectivity index is 1.99. The van der Waals surface area contributed by atoms with Crippen LogP contribution in [0.1, 0.15) is 38.3 Å². The van der Waals surface area contributed by atoms with Gasteiger partial charge in [-0.15, -0.1) is 0 Å². The van der Waals surface area contributed by atoms with Gasteiger partial charge in [0.1, 0.15) is 5.75 Å². The summed E-state index contributed by atoms with van der Waals surface area (Å²) < 4.78 is 5.75. The van der Waals surface area contributed by atoms with Crippen molar-refractivity contribution in [2.75, 3.05) is 0 Å². The molecule has 0 radical (unpaired) electrons. The summed E-state index contributed by atoms with van der Waals surface area (Å²) in [7, 11) is 0. The maximum atomic E-state index is 11.0. The fourth-order valence-corrected chi connectivity index (χ4v) is 1.74. The molecule has 2 rings (SSSR count). The summed E-state index contributed by atoms with van der Waals surface area (Å²) in [5.41, 5.74) is 5.91. The number of hydrogen-bond acceptors (Lipinski definition) is 3. The Bertz CT molecular complexity index is 398. The average molecular weight is 234 g/mol. The molecule has 1 amide bonds. The average Bonchev–Trinajstić information content (AvgIpc) is 3.12. The minimum Gasteiger partial charge on any atom is -0.489 e. The van der Waals surface area contributed by atoms with Crippen molar-refractivity contribution in [1.82, 2.24) is 4.98 Å². The normalized spacial score (nSPS) is 18.5. The molecule has 17 heavy (non-hydrogen) atoms. The van der Waals surface area contributed by atoms with Gasteiger partial charge in [-0.3, -0.25) is 9.78 Å².